The Morgan fingerprint density at radius 1 is 1.39 bits per heavy atom. The van der Waals surface area contributed by atoms with Gasteiger partial charge < -0.3 is 10.2 Å². The smallest absolute Gasteiger partial charge is 0.204 e. The fourth-order valence-corrected chi connectivity index (χ4v) is 2.95. The van der Waals surface area contributed by atoms with Crippen LogP contribution in [0.3, 0.4) is 0 Å². The van der Waals surface area contributed by atoms with Gasteiger partial charge in [-0.1, -0.05) is 32.1 Å². The van der Waals surface area contributed by atoms with E-state index < -0.39 is 0 Å². The van der Waals surface area contributed by atoms with E-state index in [-0.39, 0.29) is 5.41 Å². The zero-order valence-corrected chi connectivity index (χ0v) is 12.4. The fraction of sp³-hybridized carbons (Fsp3) is 0.500. The summed E-state index contributed by atoms with van der Waals surface area (Å²) in [5, 5.41) is 0.595. The number of hydrogen-bond acceptors (Lipinski definition) is 6. The first-order valence-electron chi connectivity index (χ1n) is 5.80. The molecule has 0 bridgehead atoms. The van der Waals surface area contributed by atoms with Crippen LogP contribution in [0.5, 0.6) is 0 Å². The first-order valence-corrected chi connectivity index (χ1v) is 7.61. The second kappa shape index (κ2) is 5.32. The third-order valence-corrected chi connectivity index (χ3v) is 4.95. The summed E-state index contributed by atoms with van der Waals surface area (Å²) in [5.41, 5.74) is 5.63. The topological polar surface area (TPSA) is 64.9 Å². The lowest BCUT2D eigenvalue weighted by Gasteiger charge is -2.18. The van der Waals surface area contributed by atoms with E-state index >= 15 is 0 Å². The van der Waals surface area contributed by atoms with Crippen molar-refractivity contribution in [3.05, 3.63) is 24.0 Å². The number of thiazole rings is 1. The second-order valence-corrected chi connectivity index (χ2v) is 7.00. The lowest BCUT2D eigenvalue weighted by Crippen LogP contribution is -2.13. The largest absolute Gasteiger partial charge is 0.444 e. The summed E-state index contributed by atoms with van der Waals surface area (Å²) in [6.45, 7) is 6.47. The van der Waals surface area contributed by atoms with Crippen molar-refractivity contribution in [2.45, 2.75) is 42.6 Å². The zero-order chi connectivity index (χ0) is 13.2. The molecule has 0 aliphatic carbocycles. The molecule has 2 rings (SSSR count). The van der Waals surface area contributed by atoms with E-state index in [0.717, 1.165) is 22.3 Å². The van der Waals surface area contributed by atoms with E-state index in [1.807, 2.05) is 6.20 Å². The highest BCUT2D eigenvalue weighted by molar-refractivity contribution is 8.00. The van der Waals surface area contributed by atoms with Crippen molar-refractivity contribution in [3.63, 3.8) is 0 Å². The van der Waals surface area contributed by atoms with Crippen LogP contribution < -0.4 is 5.73 Å². The quantitative estimate of drug-likeness (QED) is 0.848. The maximum atomic E-state index is 5.79. The minimum absolute atomic E-state index is 0.0465. The van der Waals surface area contributed by atoms with Crippen LogP contribution in [-0.4, -0.2) is 9.97 Å². The Balaban J connectivity index is 1.99. The highest BCUT2D eigenvalue weighted by Gasteiger charge is 2.23. The number of thioether (sulfide) groups is 1. The van der Waals surface area contributed by atoms with Gasteiger partial charge in [-0.3, -0.25) is 0 Å². The summed E-state index contributed by atoms with van der Waals surface area (Å²) in [4.78, 5) is 8.33. The molecule has 0 spiro atoms. The molecule has 0 aliphatic heterocycles. The van der Waals surface area contributed by atoms with Gasteiger partial charge in [-0.05, 0) is 6.42 Å². The molecule has 18 heavy (non-hydrogen) atoms. The third-order valence-electron chi connectivity index (χ3n) is 2.94. The molecule has 0 atom stereocenters. The van der Waals surface area contributed by atoms with E-state index in [1.54, 1.807) is 18.0 Å². The standard InChI is InChI=1S/C12H17N3OS2/c1-4-12(2,3)8-5-14-9(16-8)7-17-10-6-15-11(13)18-10/h5-6H,4,7H2,1-3H3,(H2,13,15). The van der Waals surface area contributed by atoms with Crippen molar-refractivity contribution >= 4 is 28.2 Å². The molecule has 6 heteroatoms. The van der Waals surface area contributed by atoms with Crippen LogP contribution in [0.25, 0.3) is 0 Å². The SMILES string of the molecule is CCC(C)(C)c1cnc(CSc2cnc(N)s2)o1. The van der Waals surface area contributed by atoms with E-state index in [1.165, 1.54) is 11.3 Å². The first-order chi connectivity index (χ1) is 8.51. The molecule has 0 fully saturated rings. The van der Waals surface area contributed by atoms with Crippen molar-refractivity contribution in [2.24, 2.45) is 0 Å². The van der Waals surface area contributed by atoms with Gasteiger partial charge in [0.1, 0.15) is 5.76 Å². The molecule has 0 amide bonds. The van der Waals surface area contributed by atoms with Gasteiger partial charge >= 0.3 is 0 Å². The van der Waals surface area contributed by atoms with Crippen LogP contribution in [0.1, 0.15) is 38.8 Å². The molecular formula is C12H17N3OS2. The molecule has 0 radical (unpaired) electrons. The number of nitrogens with two attached hydrogens (primary N) is 1. The zero-order valence-electron chi connectivity index (χ0n) is 10.8. The molecule has 4 nitrogen and oxygen atoms in total. The average molecular weight is 283 g/mol. The Labute approximate surface area is 115 Å². The van der Waals surface area contributed by atoms with Gasteiger partial charge in [0.15, 0.2) is 5.13 Å². The van der Waals surface area contributed by atoms with Crippen LogP contribution in [0.4, 0.5) is 5.13 Å². The maximum absolute atomic E-state index is 5.79. The Hall–Kier alpha value is -1.01. The van der Waals surface area contributed by atoms with Crippen LogP contribution >= 0.6 is 23.1 Å². The van der Waals surface area contributed by atoms with Crippen molar-refractivity contribution in [1.82, 2.24) is 9.97 Å². The molecule has 98 valence electrons. The van der Waals surface area contributed by atoms with Crippen molar-refractivity contribution in [3.8, 4) is 0 Å². The van der Waals surface area contributed by atoms with Crippen LogP contribution in [0.2, 0.25) is 0 Å². The number of nitrogens with zero attached hydrogens (tertiary/aromatic N) is 2. The molecule has 0 unspecified atom stereocenters. The van der Waals surface area contributed by atoms with E-state index in [4.69, 9.17) is 10.2 Å². The molecular weight excluding hydrogens is 266 g/mol. The summed E-state index contributed by atoms with van der Waals surface area (Å²) in [6, 6.07) is 0. The van der Waals surface area contributed by atoms with Crippen LogP contribution in [-0.2, 0) is 11.2 Å². The van der Waals surface area contributed by atoms with Gasteiger partial charge in [-0.25, -0.2) is 9.97 Å². The molecule has 0 saturated carbocycles. The first kappa shape index (κ1) is 13.4. The molecule has 0 aliphatic rings. The lowest BCUT2D eigenvalue weighted by atomic mass is 9.88. The van der Waals surface area contributed by atoms with Crippen molar-refractivity contribution in [2.75, 3.05) is 5.73 Å². The maximum Gasteiger partial charge on any atom is 0.204 e. The van der Waals surface area contributed by atoms with Gasteiger partial charge in [0, 0.05) is 5.41 Å². The Bertz CT molecular complexity index is 519. The van der Waals surface area contributed by atoms with Crippen molar-refractivity contribution < 1.29 is 4.42 Å². The summed E-state index contributed by atoms with van der Waals surface area (Å²) in [5.74, 6) is 2.41. The molecule has 2 aromatic heterocycles. The van der Waals surface area contributed by atoms with Gasteiger partial charge in [0.05, 0.1) is 22.4 Å². The summed E-state index contributed by atoms with van der Waals surface area (Å²) >= 11 is 3.13. The third kappa shape index (κ3) is 3.05. The van der Waals surface area contributed by atoms with Crippen LogP contribution in [0, 0.1) is 0 Å². The predicted octanol–water partition coefficient (Wildman–Crippen LogP) is 3.69. The molecule has 2 heterocycles. The molecule has 2 N–H and O–H groups in total. The monoisotopic (exact) mass is 283 g/mol. The molecule has 2 aromatic rings. The van der Waals surface area contributed by atoms with Gasteiger partial charge in [0.25, 0.3) is 0 Å². The molecule has 0 saturated heterocycles. The van der Waals surface area contributed by atoms with E-state index in [2.05, 4.69) is 30.7 Å². The second-order valence-electron chi connectivity index (χ2n) is 4.66. The Morgan fingerprint density at radius 3 is 2.78 bits per heavy atom. The fourth-order valence-electron chi connectivity index (χ4n) is 1.34. The summed E-state index contributed by atoms with van der Waals surface area (Å²) in [7, 11) is 0. The number of rotatable bonds is 5. The van der Waals surface area contributed by atoms with Crippen molar-refractivity contribution in [1.29, 1.82) is 0 Å². The van der Waals surface area contributed by atoms with Gasteiger partial charge in [-0.15, -0.1) is 11.8 Å². The number of nitrogen functional groups attached to an aromatic ring is 1. The summed E-state index contributed by atoms with van der Waals surface area (Å²) < 4.78 is 6.87. The number of hydrogen-bond donors (Lipinski definition) is 1. The minimum Gasteiger partial charge on any atom is -0.444 e. The Kier molecular flexibility index (Phi) is 3.97. The number of anilines is 1. The highest BCUT2D eigenvalue weighted by atomic mass is 32.2. The van der Waals surface area contributed by atoms with Gasteiger partial charge in [0.2, 0.25) is 5.89 Å². The average Bonchev–Trinajstić information content (AvgIpc) is 2.95. The minimum atomic E-state index is 0.0465. The van der Waals surface area contributed by atoms with E-state index in [9.17, 15) is 0 Å². The highest BCUT2D eigenvalue weighted by Crippen LogP contribution is 2.31. The van der Waals surface area contributed by atoms with E-state index in [0.29, 0.717) is 10.9 Å². The number of oxazole rings is 1. The summed E-state index contributed by atoms with van der Waals surface area (Å²) in [6.07, 6.45) is 4.64. The normalized spacial score (nSPS) is 11.9. The lowest BCUT2D eigenvalue weighted by molar-refractivity contribution is 0.362. The van der Waals surface area contributed by atoms with Gasteiger partial charge in [-0.2, -0.15) is 0 Å². The predicted molar refractivity (Wildman–Crippen MR) is 75.9 cm³/mol. The van der Waals surface area contributed by atoms with Crippen LogP contribution in [0.15, 0.2) is 21.0 Å². The number of aromatic nitrogens is 2. The molecule has 0 aromatic carbocycles. The Morgan fingerprint density at radius 2 is 2.17 bits per heavy atom.